The first-order valence-electron chi connectivity index (χ1n) is 10.5. The SMILES string of the molecule is CCCCCCCCCCCCCCCOC(=O)c1nc(Cl)c(Cl)c(N)c1Cl. The van der Waals surface area contributed by atoms with Crippen molar-refractivity contribution in [3.63, 3.8) is 0 Å². The molecule has 1 rings (SSSR count). The maximum Gasteiger partial charge on any atom is 0.358 e. The zero-order valence-electron chi connectivity index (χ0n) is 16.9. The van der Waals surface area contributed by atoms with Crippen molar-refractivity contribution in [1.29, 1.82) is 0 Å². The molecule has 7 heteroatoms. The van der Waals surface area contributed by atoms with E-state index in [2.05, 4.69) is 11.9 Å². The molecule has 0 aliphatic carbocycles. The van der Waals surface area contributed by atoms with Crippen LogP contribution in [0.15, 0.2) is 0 Å². The maximum atomic E-state index is 12.1. The molecule has 1 aromatic rings. The normalized spacial score (nSPS) is 11.0. The summed E-state index contributed by atoms with van der Waals surface area (Å²) in [7, 11) is 0. The molecule has 0 saturated carbocycles. The molecule has 0 aromatic carbocycles. The highest BCUT2D eigenvalue weighted by Gasteiger charge is 2.20. The van der Waals surface area contributed by atoms with Gasteiger partial charge in [-0.3, -0.25) is 0 Å². The van der Waals surface area contributed by atoms with Crippen LogP contribution in [0.1, 0.15) is 101 Å². The monoisotopic (exact) mass is 450 g/mol. The van der Waals surface area contributed by atoms with E-state index in [9.17, 15) is 4.79 Å². The molecule has 28 heavy (non-hydrogen) atoms. The summed E-state index contributed by atoms with van der Waals surface area (Å²) < 4.78 is 5.22. The Kier molecular flexibility index (Phi) is 13.7. The fourth-order valence-corrected chi connectivity index (χ4v) is 3.60. The Morgan fingerprint density at radius 3 is 1.79 bits per heavy atom. The van der Waals surface area contributed by atoms with Crippen LogP contribution in [0.4, 0.5) is 5.69 Å². The second kappa shape index (κ2) is 15.2. The second-order valence-electron chi connectivity index (χ2n) is 7.17. The fourth-order valence-electron chi connectivity index (χ4n) is 3.02. The number of carbonyl (C=O) groups excluding carboxylic acids is 1. The van der Waals surface area contributed by atoms with E-state index in [-0.39, 0.29) is 26.6 Å². The summed E-state index contributed by atoms with van der Waals surface area (Å²) >= 11 is 17.7. The Morgan fingerprint density at radius 1 is 0.821 bits per heavy atom. The molecular formula is C21H33Cl3N2O2. The molecule has 0 amide bonds. The van der Waals surface area contributed by atoms with Gasteiger partial charge in [0.1, 0.15) is 5.02 Å². The lowest BCUT2D eigenvalue weighted by Gasteiger charge is -2.09. The first-order chi connectivity index (χ1) is 13.5. The Bertz CT molecular complexity index is 598. The van der Waals surface area contributed by atoms with Crippen LogP contribution in [0.5, 0.6) is 0 Å². The van der Waals surface area contributed by atoms with Gasteiger partial charge in [-0.1, -0.05) is 119 Å². The third-order valence-electron chi connectivity index (χ3n) is 4.75. The number of esters is 1. The summed E-state index contributed by atoms with van der Waals surface area (Å²) in [6, 6.07) is 0. The number of hydrogen-bond donors (Lipinski definition) is 1. The van der Waals surface area contributed by atoms with Crippen LogP contribution < -0.4 is 5.73 Å². The van der Waals surface area contributed by atoms with Gasteiger partial charge in [-0.15, -0.1) is 0 Å². The quantitative estimate of drug-likeness (QED) is 0.167. The van der Waals surface area contributed by atoms with Crippen molar-refractivity contribution in [2.24, 2.45) is 0 Å². The van der Waals surface area contributed by atoms with Gasteiger partial charge in [-0.2, -0.15) is 0 Å². The van der Waals surface area contributed by atoms with Crippen LogP contribution in [-0.4, -0.2) is 17.6 Å². The summed E-state index contributed by atoms with van der Waals surface area (Å²) in [5.41, 5.74) is 5.65. The van der Waals surface area contributed by atoms with E-state index in [0.29, 0.717) is 6.61 Å². The Labute approximate surface area is 184 Å². The van der Waals surface area contributed by atoms with E-state index in [1.165, 1.54) is 64.2 Å². The lowest BCUT2D eigenvalue weighted by Crippen LogP contribution is -2.11. The van der Waals surface area contributed by atoms with Gasteiger partial charge in [-0.25, -0.2) is 9.78 Å². The van der Waals surface area contributed by atoms with E-state index in [1.54, 1.807) is 0 Å². The molecule has 0 spiro atoms. The van der Waals surface area contributed by atoms with E-state index in [0.717, 1.165) is 19.3 Å². The predicted octanol–water partition coefficient (Wildman–Crippen LogP) is 7.87. The van der Waals surface area contributed by atoms with Gasteiger partial charge in [0.05, 0.1) is 17.3 Å². The van der Waals surface area contributed by atoms with Gasteiger partial charge in [0, 0.05) is 0 Å². The van der Waals surface area contributed by atoms with E-state index >= 15 is 0 Å². The molecule has 1 aromatic heterocycles. The molecule has 2 N–H and O–H groups in total. The van der Waals surface area contributed by atoms with Crippen molar-refractivity contribution in [3.05, 3.63) is 20.9 Å². The first-order valence-corrected chi connectivity index (χ1v) is 11.6. The Hall–Kier alpha value is -0.710. The van der Waals surface area contributed by atoms with Gasteiger partial charge in [-0.05, 0) is 6.42 Å². The Morgan fingerprint density at radius 2 is 1.29 bits per heavy atom. The van der Waals surface area contributed by atoms with Gasteiger partial charge >= 0.3 is 5.97 Å². The number of nitrogen functional groups attached to an aromatic ring is 1. The smallest absolute Gasteiger partial charge is 0.358 e. The van der Waals surface area contributed by atoms with Crippen molar-refractivity contribution < 1.29 is 9.53 Å². The minimum Gasteiger partial charge on any atom is -0.461 e. The van der Waals surface area contributed by atoms with Crippen LogP contribution in [0, 0.1) is 0 Å². The summed E-state index contributed by atoms with van der Waals surface area (Å²) in [5.74, 6) is -0.630. The highest BCUT2D eigenvalue weighted by molar-refractivity contribution is 6.46. The number of aromatic nitrogens is 1. The number of halogens is 3. The van der Waals surface area contributed by atoms with Crippen molar-refractivity contribution in [2.45, 2.75) is 90.4 Å². The van der Waals surface area contributed by atoms with Crippen molar-refractivity contribution in [3.8, 4) is 0 Å². The fraction of sp³-hybridized carbons (Fsp3) is 0.714. The second-order valence-corrected chi connectivity index (χ2v) is 8.29. The van der Waals surface area contributed by atoms with Crippen LogP contribution in [0.2, 0.25) is 15.2 Å². The van der Waals surface area contributed by atoms with E-state index < -0.39 is 5.97 Å². The predicted molar refractivity (Wildman–Crippen MR) is 120 cm³/mol. The lowest BCUT2D eigenvalue weighted by atomic mass is 10.0. The minimum atomic E-state index is -0.630. The lowest BCUT2D eigenvalue weighted by molar-refractivity contribution is 0.0491. The molecule has 0 unspecified atom stereocenters. The minimum absolute atomic E-state index is 0.0234. The third-order valence-corrected chi connectivity index (χ3v) is 5.88. The molecule has 0 atom stereocenters. The number of carbonyl (C=O) groups is 1. The average molecular weight is 452 g/mol. The third kappa shape index (κ3) is 9.67. The molecule has 0 aliphatic heterocycles. The number of hydrogen-bond acceptors (Lipinski definition) is 4. The van der Waals surface area contributed by atoms with Gasteiger partial charge in [0.15, 0.2) is 10.8 Å². The number of nitrogens with zero attached hydrogens (tertiary/aromatic N) is 1. The zero-order chi connectivity index (χ0) is 20.8. The Balaban J connectivity index is 2.04. The molecule has 4 nitrogen and oxygen atoms in total. The van der Waals surface area contributed by atoms with Crippen LogP contribution in [0.3, 0.4) is 0 Å². The van der Waals surface area contributed by atoms with Gasteiger partial charge < -0.3 is 10.5 Å². The van der Waals surface area contributed by atoms with Crippen LogP contribution >= 0.6 is 34.8 Å². The summed E-state index contributed by atoms with van der Waals surface area (Å²) in [6.07, 6.45) is 16.4. The van der Waals surface area contributed by atoms with E-state index in [4.69, 9.17) is 45.3 Å². The molecule has 0 fully saturated rings. The van der Waals surface area contributed by atoms with E-state index in [1.807, 2.05) is 0 Å². The maximum absolute atomic E-state index is 12.1. The first kappa shape index (κ1) is 25.3. The average Bonchev–Trinajstić information content (AvgIpc) is 2.69. The molecule has 0 radical (unpaired) electrons. The molecular weight excluding hydrogens is 419 g/mol. The summed E-state index contributed by atoms with van der Waals surface area (Å²) in [6.45, 7) is 2.58. The molecule has 0 saturated heterocycles. The van der Waals surface area contributed by atoms with Gasteiger partial charge in [0.2, 0.25) is 0 Å². The van der Waals surface area contributed by atoms with Gasteiger partial charge in [0.25, 0.3) is 0 Å². The molecule has 0 aliphatic rings. The van der Waals surface area contributed by atoms with Crippen molar-refractivity contribution in [1.82, 2.24) is 4.98 Å². The van der Waals surface area contributed by atoms with Crippen molar-refractivity contribution in [2.75, 3.05) is 12.3 Å². The highest BCUT2D eigenvalue weighted by atomic mass is 35.5. The largest absolute Gasteiger partial charge is 0.461 e. The standard InChI is InChI=1S/C21H33Cl3N2O2/c1-2-3-4-5-6-7-8-9-10-11-12-13-14-15-28-21(27)19-16(22)18(25)17(23)20(24)26-19/h2-15H2,1H3,(H2,25,26). The zero-order valence-corrected chi connectivity index (χ0v) is 19.1. The molecule has 1 heterocycles. The van der Waals surface area contributed by atoms with Crippen molar-refractivity contribution >= 4 is 46.5 Å². The van der Waals surface area contributed by atoms with Crippen LogP contribution in [-0.2, 0) is 4.74 Å². The van der Waals surface area contributed by atoms with Crippen LogP contribution in [0.25, 0.3) is 0 Å². The number of pyridine rings is 1. The molecule has 0 bridgehead atoms. The topological polar surface area (TPSA) is 65.2 Å². The number of ether oxygens (including phenoxy) is 1. The molecule has 160 valence electrons. The number of nitrogens with two attached hydrogens (primary N) is 1. The summed E-state index contributed by atoms with van der Waals surface area (Å²) in [4.78, 5) is 15.9. The number of rotatable bonds is 15. The summed E-state index contributed by atoms with van der Waals surface area (Å²) in [5, 5.41) is -0.0408. The number of anilines is 1. The highest BCUT2D eigenvalue weighted by Crippen LogP contribution is 2.34. The number of unbranched alkanes of at least 4 members (excludes halogenated alkanes) is 12.